The number of rotatable bonds is 10. The molecule has 1 rings (SSSR count). The standard InChI is InChI=1S/C16H28N2O2/c1-4-9-20-16-11-14(6-7-15(16)17)18-8-5-10-19-12-13(2)3/h6-7,11,13,18H,4-5,8-10,12,17H2,1-3H3. The molecule has 0 bridgehead atoms. The molecular formula is C16H28N2O2. The Bertz CT molecular complexity index is 381. The largest absolute Gasteiger partial charge is 0.491 e. The van der Waals surface area contributed by atoms with E-state index < -0.39 is 0 Å². The molecule has 0 heterocycles. The summed E-state index contributed by atoms with van der Waals surface area (Å²) in [4.78, 5) is 0. The Morgan fingerprint density at radius 3 is 2.75 bits per heavy atom. The molecule has 0 atom stereocenters. The molecular weight excluding hydrogens is 252 g/mol. The molecule has 4 heteroatoms. The van der Waals surface area contributed by atoms with Gasteiger partial charge in [-0.3, -0.25) is 0 Å². The monoisotopic (exact) mass is 280 g/mol. The lowest BCUT2D eigenvalue weighted by Gasteiger charge is -2.12. The van der Waals surface area contributed by atoms with E-state index in [4.69, 9.17) is 15.2 Å². The van der Waals surface area contributed by atoms with Crippen molar-refractivity contribution < 1.29 is 9.47 Å². The van der Waals surface area contributed by atoms with Gasteiger partial charge in [-0.2, -0.15) is 0 Å². The van der Waals surface area contributed by atoms with Crippen molar-refractivity contribution in [2.45, 2.75) is 33.6 Å². The first-order chi connectivity index (χ1) is 9.63. The maximum atomic E-state index is 5.88. The van der Waals surface area contributed by atoms with Crippen molar-refractivity contribution in [3.63, 3.8) is 0 Å². The fourth-order valence-corrected chi connectivity index (χ4v) is 1.71. The average Bonchev–Trinajstić information content (AvgIpc) is 2.42. The Balaban J connectivity index is 2.29. The van der Waals surface area contributed by atoms with Crippen LogP contribution >= 0.6 is 0 Å². The van der Waals surface area contributed by atoms with Crippen molar-refractivity contribution in [1.82, 2.24) is 0 Å². The first-order valence-electron chi connectivity index (χ1n) is 7.47. The quantitative estimate of drug-likeness (QED) is 0.508. The van der Waals surface area contributed by atoms with Gasteiger partial charge in [0, 0.05) is 31.5 Å². The van der Waals surface area contributed by atoms with Gasteiger partial charge in [-0.15, -0.1) is 0 Å². The SMILES string of the molecule is CCCOc1cc(NCCCOCC(C)C)ccc1N. The van der Waals surface area contributed by atoms with Gasteiger partial charge in [0.2, 0.25) is 0 Å². The predicted octanol–water partition coefficient (Wildman–Crippen LogP) is 3.53. The molecule has 0 unspecified atom stereocenters. The van der Waals surface area contributed by atoms with Crippen LogP contribution in [0.3, 0.4) is 0 Å². The second-order valence-electron chi connectivity index (χ2n) is 5.35. The summed E-state index contributed by atoms with van der Waals surface area (Å²) in [5.74, 6) is 1.35. The number of nitrogen functional groups attached to an aromatic ring is 1. The zero-order valence-electron chi connectivity index (χ0n) is 12.9. The number of hydrogen-bond acceptors (Lipinski definition) is 4. The molecule has 0 aliphatic heterocycles. The Hall–Kier alpha value is -1.42. The Kier molecular flexibility index (Phi) is 7.88. The maximum absolute atomic E-state index is 5.88. The third-order valence-electron chi connectivity index (χ3n) is 2.72. The van der Waals surface area contributed by atoms with Crippen LogP contribution in [0.1, 0.15) is 33.6 Å². The summed E-state index contributed by atoms with van der Waals surface area (Å²) in [6.07, 6.45) is 1.96. The zero-order valence-corrected chi connectivity index (χ0v) is 12.9. The van der Waals surface area contributed by atoms with E-state index in [2.05, 4.69) is 26.1 Å². The van der Waals surface area contributed by atoms with Crippen molar-refractivity contribution in [1.29, 1.82) is 0 Å². The van der Waals surface area contributed by atoms with Crippen LogP contribution in [-0.2, 0) is 4.74 Å². The summed E-state index contributed by atoms with van der Waals surface area (Å²) in [5, 5.41) is 3.36. The van der Waals surface area contributed by atoms with E-state index in [1.165, 1.54) is 0 Å². The number of ether oxygens (including phenoxy) is 2. The summed E-state index contributed by atoms with van der Waals surface area (Å²) in [6, 6.07) is 5.81. The van der Waals surface area contributed by atoms with E-state index in [0.29, 0.717) is 18.2 Å². The molecule has 4 nitrogen and oxygen atoms in total. The van der Waals surface area contributed by atoms with E-state index in [1.807, 2.05) is 18.2 Å². The van der Waals surface area contributed by atoms with Gasteiger partial charge in [0.15, 0.2) is 0 Å². The van der Waals surface area contributed by atoms with E-state index in [9.17, 15) is 0 Å². The van der Waals surface area contributed by atoms with Crippen molar-refractivity contribution in [2.75, 3.05) is 37.4 Å². The van der Waals surface area contributed by atoms with Crippen LogP contribution in [0.2, 0.25) is 0 Å². The van der Waals surface area contributed by atoms with E-state index in [-0.39, 0.29) is 0 Å². The van der Waals surface area contributed by atoms with Gasteiger partial charge in [0.1, 0.15) is 5.75 Å². The molecule has 0 saturated carbocycles. The van der Waals surface area contributed by atoms with Crippen LogP contribution in [0, 0.1) is 5.92 Å². The summed E-state index contributed by atoms with van der Waals surface area (Å²) in [6.45, 7) is 9.59. The van der Waals surface area contributed by atoms with Gasteiger partial charge in [0.05, 0.1) is 12.3 Å². The molecule has 0 fully saturated rings. The van der Waals surface area contributed by atoms with E-state index >= 15 is 0 Å². The van der Waals surface area contributed by atoms with Gasteiger partial charge in [0.25, 0.3) is 0 Å². The number of nitrogens with two attached hydrogens (primary N) is 1. The molecule has 3 N–H and O–H groups in total. The predicted molar refractivity (Wildman–Crippen MR) is 85.4 cm³/mol. The molecule has 0 aliphatic carbocycles. The maximum Gasteiger partial charge on any atom is 0.144 e. The van der Waals surface area contributed by atoms with Crippen LogP contribution in [-0.4, -0.2) is 26.4 Å². The summed E-state index contributed by atoms with van der Waals surface area (Å²) in [5.41, 5.74) is 7.60. The number of hydrogen-bond donors (Lipinski definition) is 2. The topological polar surface area (TPSA) is 56.5 Å². The lowest BCUT2D eigenvalue weighted by molar-refractivity contribution is 0.110. The smallest absolute Gasteiger partial charge is 0.144 e. The highest BCUT2D eigenvalue weighted by atomic mass is 16.5. The summed E-state index contributed by atoms with van der Waals surface area (Å²) >= 11 is 0. The minimum atomic E-state index is 0.596. The second-order valence-corrected chi connectivity index (χ2v) is 5.35. The summed E-state index contributed by atoms with van der Waals surface area (Å²) in [7, 11) is 0. The molecule has 114 valence electrons. The van der Waals surface area contributed by atoms with Gasteiger partial charge >= 0.3 is 0 Å². The van der Waals surface area contributed by atoms with Crippen molar-refractivity contribution >= 4 is 11.4 Å². The zero-order chi connectivity index (χ0) is 14.8. The Labute approximate surface area is 122 Å². The molecule has 0 saturated heterocycles. The summed E-state index contributed by atoms with van der Waals surface area (Å²) < 4.78 is 11.2. The van der Waals surface area contributed by atoms with E-state index in [0.717, 1.165) is 44.0 Å². The lowest BCUT2D eigenvalue weighted by atomic mass is 10.2. The van der Waals surface area contributed by atoms with Crippen molar-refractivity contribution in [3.05, 3.63) is 18.2 Å². The number of benzene rings is 1. The third-order valence-corrected chi connectivity index (χ3v) is 2.72. The van der Waals surface area contributed by atoms with Crippen LogP contribution in [0.15, 0.2) is 18.2 Å². The van der Waals surface area contributed by atoms with Crippen molar-refractivity contribution in [2.24, 2.45) is 5.92 Å². The lowest BCUT2D eigenvalue weighted by Crippen LogP contribution is -2.09. The molecule has 1 aromatic carbocycles. The fraction of sp³-hybridized carbons (Fsp3) is 0.625. The van der Waals surface area contributed by atoms with Crippen LogP contribution < -0.4 is 15.8 Å². The van der Waals surface area contributed by atoms with Gasteiger partial charge in [-0.1, -0.05) is 20.8 Å². The Morgan fingerprint density at radius 2 is 2.05 bits per heavy atom. The van der Waals surface area contributed by atoms with Gasteiger partial charge in [-0.25, -0.2) is 0 Å². The van der Waals surface area contributed by atoms with Gasteiger partial charge in [-0.05, 0) is 30.9 Å². The van der Waals surface area contributed by atoms with Crippen LogP contribution in [0.25, 0.3) is 0 Å². The van der Waals surface area contributed by atoms with Gasteiger partial charge < -0.3 is 20.5 Å². The number of nitrogens with one attached hydrogen (secondary N) is 1. The molecule has 1 aromatic rings. The molecule has 0 aliphatic rings. The molecule has 0 spiro atoms. The highest BCUT2D eigenvalue weighted by Crippen LogP contribution is 2.25. The fourth-order valence-electron chi connectivity index (χ4n) is 1.71. The van der Waals surface area contributed by atoms with Crippen LogP contribution in [0.5, 0.6) is 5.75 Å². The highest BCUT2D eigenvalue weighted by molar-refractivity contribution is 5.61. The normalized spacial score (nSPS) is 10.8. The number of anilines is 2. The van der Waals surface area contributed by atoms with Crippen LogP contribution in [0.4, 0.5) is 11.4 Å². The average molecular weight is 280 g/mol. The molecule has 0 radical (unpaired) electrons. The Morgan fingerprint density at radius 1 is 1.25 bits per heavy atom. The third kappa shape index (κ3) is 6.66. The van der Waals surface area contributed by atoms with Crippen molar-refractivity contribution in [3.8, 4) is 5.75 Å². The molecule has 20 heavy (non-hydrogen) atoms. The minimum absolute atomic E-state index is 0.596. The molecule has 0 aromatic heterocycles. The van der Waals surface area contributed by atoms with E-state index in [1.54, 1.807) is 0 Å². The minimum Gasteiger partial charge on any atom is -0.491 e. The first kappa shape index (κ1) is 16.6. The molecule has 0 amide bonds. The highest BCUT2D eigenvalue weighted by Gasteiger charge is 2.02. The second kappa shape index (κ2) is 9.48. The first-order valence-corrected chi connectivity index (χ1v) is 7.47.